The molecule has 0 aromatic carbocycles. The van der Waals surface area contributed by atoms with E-state index in [1.807, 2.05) is 0 Å². The number of aliphatic hydroxyl groups is 2. The summed E-state index contributed by atoms with van der Waals surface area (Å²) in [5.74, 6) is 0.293. The molecule has 4 rings (SSSR count). The number of rotatable bonds is 1. The van der Waals surface area contributed by atoms with E-state index in [4.69, 9.17) is 11.6 Å². The Bertz CT molecular complexity index is 687. The second kappa shape index (κ2) is 5.89. The van der Waals surface area contributed by atoms with E-state index in [0.29, 0.717) is 24.8 Å². The average Bonchev–Trinajstić information content (AvgIpc) is 2.90. The molecule has 0 saturated heterocycles. The van der Waals surface area contributed by atoms with Gasteiger partial charge in [0.2, 0.25) is 0 Å². The number of carbonyl (C=O) groups is 2. The highest BCUT2D eigenvalue weighted by Crippen LogP contribution is 2.67. The molecule has 3 saturated carbocycles. The van der Waals surface area contributed by atoms with Crippen molar-refractivity contribution in [2.24, 2.45) is 34.5 Å². The number of carbonyl (C=O) groups excluding carboxylic acids is 2. The van der Waals surface area contributed by atoms with E-state index in [1.165, 1.54) is 0 Å². The molecule has 0 spiro atoms. The summed E-state index contributed by atoms with van der Waals surface area (Å²) in [5.41, 5.74) is 0.0403. The van der Waals surface area contributed by atoms with Crippen LogP contribution in [0.25, 0.3) is 0 Å². The molecule has 144 valence electrons. The Morgan fingerprint density at radius 1 is 1.27 bits per heavy atom. The van der Waals surface area contributed by atoms with Crippen LogP contribution < -0.4 is 0 Å². The number of Topliss-reactive ketones (excluding diaryl/α,β-unsaturated/α-hetero) is 1. The van der Waals surface area contributed by atoms with Gasteiger partial charge in [-0.05, 0) is 72.8 Å². The highest BCUT2D eigenvalue weighted by Gasteiger charge is 2.66. The molecule has 0 aliphatic heterocycles. The lowest BCUT2D eigenvalue weighted by molar-refractivity contribution is -0.150. The predicted octanol–water partition coefficient (Wildman–Crippen LogP) is 2.88. The highest BCUT2D eigenvalue weighted by atomic mass is 35.5. The Balaban J connectivity index is 1.81. The zero-order chi connectivity index (χ0) is 19.0. The fourth-order valence-corrected chi connectivity index (χ4v) is 7.78. The lowest BCUT2D eigenvalue weighted by atomic mass is 9.45. The minimum atomic E-state index is -0.863. The maximum Gasteiger partial charge on any atom is 0.155 e. The topological polar surface area (TPSA) is 74.6 Å². The normalized spacial score (nSPS) is 53.4. The average molecular weight is 381 g/mol. The van der Waals surface area contributed by atoms with Gasteiger partial charge in [0.05, 0.1) is 17.6 Å². The van der Waals surface area contributed by atoms with Gasteiger partial charge in [0.25, 0.3) is 0 Å². The van der Waals surface area contributed by atoms with Crippen molar-refractivity contribution in [1.82, 2.24) is 0 Å². The zero-order valence-electron chi connectivity index (χ0n) is 15.7. The summed E-state index contributed by atoms with van der Waals surface area (Å²) in [6.45, 7) is 5.86. The van der Waals surface area contributed by atoms with Crippen LogP contribution in [-0.2, 0) is 9.59 Å². The summed E-state index contributed by atoms with van der Waals surface area (Å²) < 4.78 is 0. The van der Waals surface area contributed by atoms with E-state index in [9.17, 15) is 19.8 Å². The molecular formula is C21H29ClO4. The number of halogens is 1. The van der Waals surface area contributed by atoms with Gasteiger partial charge < -0.3 is 10.2 Å². The molecule has 5 heteroatoms. The van der Waals surface area contributed by atoms with E-state index in [-0.39, 0.29) is 40.7 Å². The van der Waals surface area contributed by atoms with Crippen molar-refractivity contribution in [2.45, 2.75) is 70.5 Å². The summed E-state index contributed by atoms with van der Waals surface area (Å²) in [5, 5.41) is 21.7. The van der Waals surface area contributed by atoms with Crippen LogP contribution in [0.5, 0.6) is 0 Å². The van der Waals surface area contributed by atoms with E-state index in [0.717, 1.165) is 12.8 Å². The van der Waals surface area contributed by atoms with Crippen molar-refractivity contribution in [3.8, 4) is 0 Å². The second-order valence-electron chi connectivity index (χ2n) is 9.60. The van der Waals surface area contributed by atoms with Crippen molar-refractivity contribution >= 4 is 23.2 Å². The van der Waals surface area contributed by atoms with Gasteiger partial charge in [-0.2, -0.15) is 0 Å². The van der Waals surface area contributed by atoms with Crippen LogP contribution in [0.3, 0.4) is 0 Å². The quantitative estimate of drug-likeness (QED) is 0.686. The fraction of sp³-hybridized carbons (Fsp3) is 0.810. The van der Waals surface area contributed by atoms with Gasteiger partial charge in [0.15, 0.2) is 5.78 Å². The van der Waals surface area contributed by atoms with Gasteiger partial charge in [-0.15, -0.1) is 11.6 Å². The summed E-state index contributed by atoms with van der Waals surface area (Å²) in [6, 6.07) is 0. The molecule has 0 amide bonds. The maximum atomic E-state index is 12.2. The maximum absolute atomic E-state index is 12.2. The van der Waals surface area contributed by atoms with E-state index < -0.39 is 23.0 Å². The van der Waals surface area contributed by atoms with Crippen LogP contribution >= 0.6 is 11.6 Å². The third-order valence-electron chi connectivity index (χ3n) is 8.43. The second-order valence-corrected chi connectivity index (χ2v) is 10.1. The largest absolute Gasteiger partial charge is 0.393 e. The smallest absolute Gasteiger partial charge is 0.155 e. The Morgan fingerprint density at radius 2 is 1.96 bits per heavy atom. The number of fused-ring (bicyclic) bond motifs is 5. The molecule has 0 aromatic heterocycles. The molecule has 0 aromatic rings. The molecule has 0 heterocycles. The van der Waals surface area contributed by atoms with Crippen LogP contribution in [0, 0.1) is 34.5 Å². The minimum absolute atomic E-state index is 0.0338. The van der Waals surface area contributed by atoms with Crippen LogP contribution in [0.1, 0.15) is 52.9 Å². The first kappa shape index (κ1) is 18.6. The van der Waals surface area contributed by atoms with E-state index >= 15 is 0 Å². The number of hydrogen-bond donors (Lipinski definition) is 2. The lowest BCUT2D eigenvalue weighted by Gasteiger charge is -2.62. The Morgan fingerprint density at radius 3 is 2.62 bits per heavy atom. The van der Waals surface area contributed by atoms with Crippen molar-refractivity contribution in [3.63, 3.8) is 0 Å². The standard InChI is InChI=1S/C21H29ClO4/c1-10(23)12-4-5-13-16-17(15(25)9-21(12,13)3)20(2)7-6-11(24)8-14(20)19(26)18(16)22/h8,12-13,15-19,25-26H,4-7,9H2,1-3H3/t12-,13+,15-,16+,17+,18+,19+,20+,21-/m1/s1. The van der Waals surface area contributed by atoms with Gasteiger partial charge in [0, 0.05) is 12.3 Å². The SMILES string of the molecule is CC(=O)[C@H]1CC[C@H]2[C@@H]3[C@H](Cl)[C@@H](O)C4=CC(=O)CC[C@]4(C)[C@H]3[C@H](O)C[C@]12C. The summed E-state index contributed by atoms with van der Waals surface area (Å²) in [7, 11) is 0. The van der Waals surface area contributed by atoms with Crippen LogP contribution in [0.4, 0.5) is 0 Å². The molecular weight excluding hydrogens is 352 g/mol. The zero-order valence-corrected chi connectivity index (χ0v) is 16.5. The third kappa shape index (κ3) is 2.28. The molecule has 4 aliphatic carbocycles. The van der Waals surface area contributed by atoms with Crippen LogP contribution in [-0.4, -0.2) is 39.4 Å². The molecule has 9 atom stereocenters. The fourth-order valence-electron chi connectivity index (χ4n) is 7.31. The predicted molar refractivity (Wildman–Crippen MR) is 98.7 cm³/mol. The first-order chi connectivity index (χ1) is 12.1. The van der Waals surface area contributed by atoms with Gasteiger partial charge in [-0.25, -0.2) is 0 Å². The summed E-state index contributed by atoms with van der Waals surface area (Å²) in [4.78, 5) is 24.2. The van der Waals surface area contributed by atoms with Crippen molar-refractivity contribution < 1.29 is 19.8 Å². The summed E-state index contributed by atoms with van der Waals surface area (Å²) in [6.07, 6.45) is 3.59. The number of hydrogen-bond acceptors (Lipinski definition) is 4. The Labute approximate surface area is 160 Å². The number of ketones is 2. The lowest BCUT2D eigenvalue weighted by Crippen LogP contribution is -2.63. The molecule has 26 heavy (non-hydrogen) atoms. The molecule has 4 aliphatic rings. The minimum Gasteiger partial charge on any atom is -0.393 e. The Hall–Kier alpha value is -0.710. The molecule has 0 unspecified atom stereocenters. The van der Waals surface area contributed by atoms with Gasteiger partial charge in [-0.3, -0.25) is 9.59 Å². The van der Waals surface area contributed by atoms with E-state index in [2.05, 4.69) is 13.8 Å². The summed E-state index contributed by atoms with van der Waals surface area (Å²) >= 11 is 6.79. The first-order valence-corrected chi connectivity index (χ1v) is 10.3. The number of aliphatic hydroxyl groups excluding tert-OH is 2. The van der Waals surface area contributed by atoms with Gasteiger partial charge in [0.1, 0.15) is 5.78 Å². The number of alkyl halides is 1. The molecule has 0 bridgehead atoms. The first-order valence-electron chi connectivity index (χ1n) is 9.87. The van der Waals surface area contributed by atoms with E-state index in [1.54, 1.807) is 13.0 Å². The van der Waals surface area contributed by atoms with Crippen LogP contribution in [0.15, 0.2) is 11.6 Å². The monoisotopic (exact) mass is 380 g/mol. The molecule has 3 fully saturated rings. The van der Waals surface area contributed by atoms with Crippen LogP contribution in [0.2, 0.25) is 0 Å². The Kier molecular flexibility index (Phi) is 4.22. The highest BCUT2D eigenvalue weighted by molar-refractivity contribution is 6.21. The molecule has 4 nitrogen and oxygen atoms in total. The van der Waals surface area contributed by atoms with Gasteiger partial charge in [-0.1, -0.05) is 13.8 Å². The van der Waals surface area contributed by atoms with Crippen molar-refractivity contribution in [3.05, 3.63) is 11.6 Å². The van der Waals surface area contributed by atoms with Crippen molar-refractivity contribution in [2.75, 3.05) is 0 Å². The van der Waals surface area contributed by atoms with Gasteiger partial charge >= 0.3 is 0 Å². The third-order valence-corrected chi connectivity index (χ3v) is 8.96. The van der Waals surface area contributed by atoms with Crippen molar-refractivity contribution in [1.29, 1.82) is 0 Å². The molecule has 2 N–H and O–H groups in total. The molecule has 0 radical (unpaired) electrons.